The zero-order valence-electron chi connectivity index (χ0n) is 10.7. The van der Waals surface area contributed by atoms with Crippen molar-refractivity contribution in [2.24, 2.45) is 0 Å². The third-order valence-electron chi connectivity index (χ3n) is 2.34. The molecule has 0 fully saturated rings. The van der Waals surface area contributed by atoms with Gasteiger partial charge in [-0.3, -0.25) is 0 Å². The molecule has 1 aromatic carbocycles. The summed E-state index contributed by atoms with van der Waals surface area (Å²) < 4.78 is 11.0. The molecule has 3 heteroatoms. The number of nitrogens with one attached hydrogen (secondary N) is 1. The minimum Gasteiger partial charge on any atom is -0.490 e. The van der Waals surface area contributed by atoms with Gasteiger partial charge < -0.3 is 14.9 Å². The molecule has 0 unspecified atom stereocenters. The summed E-state index contributed by atoms with van der Waals surface area (Å²) in [5.41, 5.74) is 2.05. The van der Waals surface area contributed by atoms with Crippen molar-refractivity contribution in [1.29, 1.82) is 5.41 Å². The van der Waals surface area contributed by atoms with Gasteiger partial charge in [0.15, 0.2) is 11.5 Å². The summed E-state index contributed by atoms with van der Waals surface area (Å²) in [6, 6.07) is 5.63. The molecule has 1 rings (SSSR count). The third-order valence-corrected chi connectivity index (χ3v) is 2.34. The number of benzene rings is 1. The molecule has 0 saturated heterocycles. The fraction of sp³-hybridized carbons (Fsp3) is 0.357. The molecule has 0 aromatic heterocycles. The minimum absolute atomic E-state index is 0.455. The van der Waals surface area contributed by atoms with Gasteiger partial charge in [-0.1, -0.05) is 12.6 Å². The largest absolute Gasteiger partial charge is 0.490 e. The number of ether oxygens (including phenoxy) is 2. The van der Waals surface area contributed by atoms with Crippen molar-refractivity contribution in [2.75, 3.05) is 13.2 Å². The first kappa shape index (κ1) is 13.3. The molecule has 0 heterocycles. The van der Waals surface area contributed by atoms with Gasteiger partial charge in [0.25, 0.3) is 0 Å². The van der Waals surface area contributed by atoms with Crippen molar-refractivity contribution in [1.82, 2.24) is 0 Å². The Kier molecular flexibility index (Phi) is 4.76. The van der Waals surface area contributed by atoms with Crippen molar-refractivity contribution in [3.05, 3.63) is 30.3 Å². The summed E-state index contributed by atoms with van der Waals surface area (Å²) in [4.78, 5) is 0. The Morgan fingerprint density at radius 2 is 1.76 bits per heavy atom. The molecule has 0 radical (unpaired) electrons. The van der Waals surface area contributed by atoms with Gasteiger partial charge in [-0.2, -0.15) is 0 Å². The molecule has 0 spiro atoms. The Morgan fingerprint density at radius 1 is 1.18 bits per heavy atom. The molecule has 92 valence electrons. The van der Waals surface area contributed by atoms with E-state index >= 15 is 0 Å². The van der Waals surface area contributed by atoms with Gasteiger partial charge in [0.2, 0.25) is 0 Å². The van der Waals surface area contributed by atoms with E-state index < -0.39 is 0 Å². The monoisotopic (exact) mass is 233 g/mol. The smallest absolute Gasteiger partial charge is 0.161 e. The lowest BCUT2D eigenvalue weighted by atomic mass is 10.0. The average Bonchev–Trinajstić information content (AvgIpc) is 2.31. The van der Waals surface area contributed by atoms with Crippen molar-refractivity contribution < 1.29 is 9.47 Å². The van der Waals surface area contributed by atoms with Gasteiger partial charge in [0.05, 0.1) is 13.2 Å². The molecule has 3 nitrogen and oxygen atoms in total. The Labute approximate surface area is 103 Å². The summed E-state index contributed by atoms with van der Waals surface area (Å²) in [7, 11) is 0. The van der Waals surface area contributed by atoms with Gasteiger partial charge in [-0.05, 0) is 44.0 Å². The van der Waals surface area contributed by atoms with E-state index in [1.165, 1.54) is 0 Å². The van der Waals surface area contributed by atoms with Gasteiger partial charge >= 0.3 is 0 Å². The number of allylic oxidation sites excluding steroid dienone is 1. The second-order valence-corrected chi connectivity index (χ2v) is 3.63. The quantitative estimate of drug-likeness (QED) is 0.764. The maximum Gasteiger partial charge on any atom is 0.161 e. The molecule has 0 aliphatic rings. The maximum absolute atomic E-state index is 7.57. The summed E-state index contributed by atoms with van der Waals surface area (Å²) in [6.45, 7) is 10.7. The van der Waals surface area contributed by atoms with Gasteiger partial charge in [0, 0.05) is 5.71 Å². The Hall–Kier alpha value is -1.77. The van der Waals surface area contributed by atoms with E-state index in [0.717, 1.165) is 11.3 Å². The summed E-state index contributed by atoms with van der Waals surface area (Å²) in [6.07, 6.45) is 0. The normalized spacial score (nSPS) is 9.82. The van der Waals surface area contributed by atoms with Crippen molar-refractivity contribution in [3.8, 4) is 11.5 Å². The molecular weight excluding hydrogens is 214 g/mol. The van der Waals surface area contributed by atoms with E-state index in [9.17, 15) is 0 Å². The SMILES string of the molecule is C=C(C(C)=N)c1ccc(OCC)c(OCC)c1. The molecule has 0 saturated carbocycles. The highest BCUT2D eigenvalue weighted by Gasteiger charge is 2.08. The highest BCUT2D eigenvalue weighted by atomic mass is 16.5. The standard InChI is InChI=1S/C14H19NO2/c1-5-16-13-8-7-12(10(3)11(4)15)9-14(13)17-6-2/h7-9,15H,3,5-6H2,1-2,4H3. The molecule has 0 bridgehead atoms. The predicted octanol–water partition coefficient (Wildman–Crippen LogP) is 3.54. The lowest BCUT2D eigenvalue weighted by Gasteiger charge is -2.13. The van der Waals surface area contributed by atoms with E-state index in [2.05, 4.69) is 6.58 Å². The lowest BCUT2D eigenvalue weighted by Crippen LogP contribution is -2.00. The van der Waals surface area contributed by atoms with E-state index in [1.54, 1.807) is 6.92 Å². The van der Waals surface area contributed by atoms with Crippen molar-refractivity contribution in [2.45, 2.75) is 20.8 Å². The van der Waals surface area contributed by atoms with E-state index in [4.69, 9.17) is 14.9 Å². The van der Waals surface area contributed by atoms with Crippen LogP contribution >= 0.6 is 0 Å². The number of rotatable bonds is 6. The fourth-order valence-corrected chi connectivity index (χ4v) is 1.46. The van der Waals surface area contributed by atoms with Crippen LogP contribution in [0.3, 0.4) is 0 Å². The topological polar surface area (TPSA) is 42.3 Å². The number of hydrogen-bond acceptors (Lipinski definition) is 3. The van der Waals surface area contributed by atoms with Crippen LogP contribution in [0.15, 0.2) is 24.8 Å². The third kappa shape index (κ3) is 3.34. The fourth-order valence-electron chi connectivity index (χ4n) is 1.46. The minimum atomic E-state index is 0.455. The van der Waals surface area contributed by atoms with E-state index in [1.807, 2.05) is 32.0 Å². The van der Waals surface area contributed by atoms with Crippen molar-refractivity contribution >= 4 is 11.3 Å². The first-order valence-corrected chi connectivity index (χ1v) is 5.74. The lowest BCUT2D eigenvalue weighted by molar-refractivity contribution is 0.287. The van der Waals surface area contributed by atoms with E-state index in [-0.39, 0.29) is 0 Å². The van der Waals surface area contributed by atoms with Crippen LogP contribution in [0.5, 0.6) is 11.5 Å². The Morgan fingerprint density at radius 3 is 2.29 bits per heavy atom. The highest BCUT2D eigenvalue weighted by Crippen LogP contribution is 2.30. The molecule has 17 heavy (non-hydrogen) atoms. The molecule has 0 amide bonds. The van der Waals surface area contributed by atoms with E-state index in [0.29, 0.717) is 30.2 Å². The Balaban J connectivity index is 3.08. The van der Waals surface area contributed by atoms with Crippen LogP contribution in [0.2, 0.25) is 0 Å². The van der Waals surface area contributed by atoms with Gasteiger partial charge in [-0.15, -0.1) is 0 Å². The molecule has 1 aromatic rings. The first-order valence-electron chi connectivity index (χ1n) is 5.74. The van der Waals surface area contributed by atoms with Crippen LogP contribution < -0.4 is 9.47 Å². The van der Waals surface area contributed by atoms with Crippen LogP contribution in [0, 0.1) is 5.41 Å². The summed E-state index contributed by atoms with van der Waals surface area (Å²) in [5.74, 6) is 1.43. The van der Waals surface area contributed by atoms with Crippen LogP contribution in [0.25, 0.3) is 5.57 Å². The molecule has 1 N–H and O–H groups in total. The van der Waals surface area contributed by atoms with Crippen molar-refractivity contribution in [3.63, 3.8) is 0 Å². The molecule has 0 aliphatic heterocycles. The Bertz CT molecular complexity index is 424. The summed E-state index contributed by atoms with van der Waals surface area (Å²) >= 11 is 0. The van der Waals surface area contributed by atoms with Crippen LogP contribution in [-0.2, 0) is 0 Å². The molecule has 0 atom stereocenters. The maximum atomic E-state index is 7.57. The second-order valence-electron chi connectivity index (χ2n) is 3.63. The van der Waals surface area contributed by atoms with Crippen LogP contribution in [-0.4, -0.2) is 18.9 Å². The average molecular weight is 233 g/mol. The molecular formula is C14H19NO2. The second kappa shape index (κ2) is 6.09. The summed E-state index contributed by atoms with van der Waals surface area (Å²) in [5, 5.41) is 7.57. The molecule has 0 aliphatic carbocycles. The van der Waals surface area contributed by atoms with Crippen LogP contribution in [0.1, 0.15) is 26.3 Å². The number of hydrogen-bond donors (Lipinski definition) is 1. The van der Waals surface area contributed by atoms with Gasteiger partial charge in [-0.25, -0.2) is 0 Å². The van der Waals surface area contributed by atoms with Crippen LogP contribution in [0.4, 0.5) is 0 Å². The first-order chi connectivity index (χ1) is 8.10. The highest BCUT2D eigenvalue weighted by molar-refractivity contribution is 6.20. The zero-order valence-corrected chi connectivity index (χ0v) is 10.7. The van der Waals surface area contributed by atoms with Gasteiger partial charge in [0.1, 0.15) is 0 Å². The predicted molar refractivity (Wildman–Crippen MR) is 71.2 cm³/mol. The zero-order chi connectivity index (χ0) is 12.8.